The second-order valence-electron chi connectivity index (χ2n) is 2.84. The Morgan fingerprint density at radius 3 is 2.64 bits per heavy atom. The highest BCUT2D eigenvalue weighted by atomic mass is 16.1. The Kier molecular flexibility index (Phi) is 2.02. The molecule has 0 atom stereocenters. The molecular formula is C10H9N3O. The Hall–Kier alpha value is -2.10. The van der Waals surface area contributed by atoms with Gasteiger partial charge in [-0.05, 0) is 24.3 Å². The third kappa shape index (κ3) is 1.37. The fourth-order valence-corrected chi connectivity index (χ4v) is 1.22. The molecule has 14 heavy (non-hydrogen) atoms. The average Bonchev–Trinajstić information content (AvgIpc) is 2.23. The number of anilines is 1. The van der Waals surface area contributed by atoms with Crippen LogP contribution >= 0.6 is 0 Å². The number of hydrogen-bond acceptors (Lipinski definition) is 3. The van der Waals surface area contributed by atoms with Gasteiger partial charge in [0, 0.05) is 18.6 Å². The third-order valence-corrected chi connectivity index (χ3v) is 1.92. The third-order valence-electron chi connectivity index (χ3n) is 1.92. The van der Waals surface area contributed by atoms with E-state index in [1.165, 1.54) is 4.57 Å². The number of nitrogens with two attached hydrogens (primary N) is 1. The number of aromatic nitrogens is 2. The van der Waals surface area contributed by atoms with Crippen molar-refractivity contribution in [1.29, 1.82) is 0 Å². The van der Waals surface area contributed by atoms with Crippen LogP contribution in [-0.2, 0) is 0 Å². The van der Waals surface area contributed by atoms with Crippen LogP contribution < -0.4 is 11.3 Å². The van der Waals surface area contributed by atoms with Gasteiger partial charge in [-0.1, -0.05) is 0 Å². The van der Waals surface area contributed by atoms with Crippen LogP contribution in [0.1, 0.15) is 0 Å². The van der Waals surface area contributed by atoms with Crippen molar-refractivity contribution in [3.05, 3.63) is 53.2 Å². The summed E-state index contributed by atoms with van der Waals surface area (Å²) in [5.74, 6) is 0. The van der Waals surface area contributed by atoms with Gasteiger partial charge in [0.15, 0.2) is 0 Å². The number of hydrogen-bond donors (Lipinski definition) is 1. The van der Waals surface area contributed by atoms with Gasteiger partial charge in [0.05, 0.1) is 11.4 Å². The predicted octanol–water partition coefficient (Wildman–Crippen LogP) is 0.815. The standard InChI is InChI=1S/C10H9N3O/c11-9-2-1-7-13(10(9)14)8-3-5-12-6-4-8/h1-7H,11H2. The molecule has 0 amide bonds. The first kappa shape index (κ1) is 8.50. The molecule has 0 radical (unpaired) electrons. The molecule has 0 aliphatic rings. The first-order chi connectivity index (χ1) is 6.79. The topological polar surface area (TPSA) is 60.9 Å². The lowest BCUT2D eigenvalue weighted by Crippen LogP contribution is -2.20. The Bertz CT molecular complexity index is 490. The van der Waals surface area contributed by atoms with Crippen molar-refractivity contribution < 1.29 is 0 Å². The van der Waals surface area contributed by atoms with Gasteiger partial charge in [0.2, 0.25) is 0 Å². The predicted molar refractivity (Wildman–Crippen MR) is 54.2 cm³/mol. The average molecular weight is 187 g/mol. The molecule has 2 aromatic rings. The zero-order valence-corrected chi connectivity index (χ0v) is 7.42. The van der Waals surface area contributed by atoms with E-state index in [1.807, 2.05) is 0 Å². The zero-order valence-electron chi connectivity index (χ0n) is 7.42. The van der Waals surface area contributed by atoms with Gasteiger partial charge in [0.25, 0.3) is 5.56 Å². The minimum absolute atomic E-state index is 0.210. The maximum Gasteiger partial charge on any atom is 0.278 e. The summed E-state index contributed by atoms with van der Waals surface area (Å²) in [6.45, 7) is 0. The van der Waals surface area contributed by atoms with Gasteiger partial charge >= 0.3 is 0 Å². The molecule has 2 heterocycles. The van der Waals surface area contributed by atoms with Crippen LogP contribution in [0.3, 0.4) is 0 Å². The second-order valence-corrected chi connectivity index (χ2v) is 2.84. The fraction of sp³-hybridized carbons (Fsp3) is 0. The van der Waals surface area contributed by atoms with Gasteiger partial charge in [-0.2, -0.15) is 0 Å². The molecular weight excluding hydrogens is 178 g/mol. The summed E-state index contributed by atoms with van der Waals surface area (Å²) < 4.78 is 1.48. The second kappa shape index (κ2) is 3.33. The van der Waals surface area contributed by atoms with Crippen LogP contribution in [-0.4, -0.2) is 9.55 Å². The molecule has 2 N–H and O–H groups in total. The number of nitrogen functional groups attached to an aromatic ring is 1. The van der Waals surface area contributed by atoms with E-state index in [0.717, 1.165) is 5.69 Å². The van der Waals surface area contributed by atoms with Gasteiger partial charge in [-0.15, -0.1) is 0 Å². The smallest absolute Gasteiger partial charge is 0.278 e. The Morgan fingerprint density at radius 2 is 1.93 bits per heavy atom. The van der Waals surface area contributed by atoms with Crippen LogP contribution in [0, 0.1) is 0 Å². The van der Waals surface area contributed by atoms with E-state index >= 15 is 0 Å². The minimum Gasteiger partial charge on any atom is -0.394 e. The molecule has 0 spiro atoms. The van der Waals surface area contributed by atoms with Crippen molar-refractivity contribution in [2.24, 2.45) is 0 Å². The molecule has 0 unspecified atom stereocenters. The van der Waals surface area contributed by atoms with E-state index in [-0.39, 0.29) is 11.2 Å². The highest BCUT2D eigenvalue weighted by molar-refractivity contribution is 5.39. The molecule has 0 aliphatic heterocycles. The van der Waals surface area contributed by atoms with Crippen molar-refractivity contribution >= 4 is 5.69 Å². The number of nitrogens with zero attached hydrogens (tertiary/aromatic N) is 2. The SMILES string of the molecule is Nc1cccn(-c2ccncc2)c1=O. The van der Waals surface area contributed by atoms with Gasteiger partial charge in [-0.25, -0.2) is 0 Å². The quantitative estimate of drug-likeness (QED) is 0.718. The molecule has 4 heteroatoms. The molecule has 0 aliphatic carbocycles. The van der Waals surface area contributed by atoms with E-state index in [1.54, 1.807) is 42.9 Å². The summed E-state index contributed by atoms with van der Waals surface area (Å²) in [5.41, 5.74) is 6.30. The molecule has 0 saturated heterocycles. The monoisotopic (exact) mass is 187 g/mol. The van der Waals surface area contributed by atoms with E-state index in [2.05, 4.69) is 4.98 Å². The molecule has 70 valence electrons. The van der Waals surface area contributed by atoms with E-state index in [4.69, 9.17) is 5.73 Å². The fourth-order valence-electron chi connectivity index (χ4n) is 1.22. The Morgan fingerprint density at radius 1 is 1.21 bits per heavy atom. The number of rotatable bonds is 1. The first-order valence-electron chi connectivity index (χ1n) is 4.16. The van der Waals surface area contributed by atoms with Gasteiger partial charge in [-0.3, -0.25) is 14.3 Å². The van der Waals surface area contributed by atoms with Crippen molar-refractivity contribution in [1.82, 2.24) is 9.55 Å². The highest BCUT2D eigenvalue weighted by Gasteiger charge is 2.00. The van der Waals surface area contributed by atoms with Crippen LogP contribution in [0.5, 0.6) is 0 Å². The molecule has 0 fully saturated rings. The van der Waals surface area contributed by atoms with Crippen LogP contribution in [0.25, 0.3) is 5.69 Å². The summed E-state index contributed by atoms with van der Waals surface area (Å²) in [6, 6.07) is 6.82. The summed E-state index contributed by atoms with van der Waals surface area (Å²) in [5, 5.41) is 0. The van der Waals surface area contributed by atoms with Crippen molar-refractivity contribution in [2.45, 2.75) is 0 Å². The van der Waals surface area contributed by atoms with E-state index < -0.39 is 0 Å². The lowest BCUT2D eigenvalue weighted by atomic mass is 10.3. The lowest BCUT2D eigenvalue weighted by Gasteiger charge is -2.04. The van der Waals surface area contributed by atoms with Crippen molar-refractivity contribution in [3.8, 4) is 5.69 Å². The molecule has 2 rings (SSSR count). The Balaban J connectivity index is 2.64. The molecule has 2 aromatic heterocycles. The summed E-state index contributed by atoms with van der Waals surface area (Å²) in [7, 11) is 0. The van der Waals surface area contributed by atoms with E-state index in [0.29, 0.717) is 0 Å². The summed E-state index contributed by atoms with van der Waals surface area (Å²) >= 11 is 0. The van der Waals surface area contributed by atoms with Crippen LogP contribution in [0.2, 0.25) is 0 Å². The van der Waals surface area contributed by atoms with Crippen molar-refractivity contribution in [2.75, 3.05) is 5.73 Å². The Labute approximate surface area is 80.6 Å². The van der Waals surface area contributed by atoms with E-state index in [9.17, 15) is 4.79 Å². The van der Waals surface area contributed by atoms with Crippen LogP contribution in [0.15, 0.2) is 47.7 Å². The maximum absolute atomic E-state index is 11.6. The number of pyridine rings is 2. The highest BCUT2D eigenvalue weighted by Crippen LogP contribution is 2.03. The minimum atomic E-state index is -0.210. The molecule has 0 saturated carbocycles. The molecule has 0 aromatic carbocycles. The van der Waals surface area contributed by atoms with Crippen LogP contribution in [0.4, 0.5) is 5.69 Å². The maximum atomic E-state index is 11.6. The van der Waals surface area contributed by atoms with Gasteiger partial charge in [0.1, 0.15) is 0 Å². The largest absolute Gasteiger partial charge is 0.394 e. The van der Waals surface area contributed by atoms with Crippen molar-refractivity contribution in [3.63, 3.8) is 0 Å². The molecule has 4 nitrogen and oxygen atoms in total. The first-order valence-corrected chi connectivity index (χ1v) is 4.16. The normalized spacial score (nSPS) is 10.0. The zero-order chi connectivity index (χ0) is 9.97. The summed E-state index contributed by atoms with van der Waals surface area (Å²) in [4.78, 5) is 15.5. The molecule has 0 bridgehead atoms. The lowest BCUT2D eigenvalue weighted by molar-refractivity contribution is 0.989. The summed E-state index contributed by atoms with van der Waals surface area (Å²) in [6.07, 6.45) is 4.93. The van der Waals surface area contributed by atoms with Gasteiger partial charge < -0.3 is 5.73 Å².